The lowest BCUT2D eigenvalue weighted by Crippen LogP contribution is -2.44. The highest BCUT2D eigenvalue weighted by molar-refractivity contribution is 5.86. The molecule has 1 aliphatic rings. The van der Waals surface area contributed by atoms with E-state index in [-0.39, 0.29) is 23.1 Å². The first-order chi connectivity index (χ1) is 9.56. The average Bonchev–Trinajstić information content (AvgIpc) is 2.46. The lowest BCUT2D eigenvalue weighted by atomic mass is 9.97. The van der Waals surface area contributed by atoms with Crippen molar-refractivity contribution in [1.29, 1.82) is 5.26 Å². The van der Waals surface area contributed by atoms with Gasteiger partial charge >= 0.3 is 5.69 Å². The Morgan fingerprint density at radius 1 is 1.50 bits per heavy atom. The van der Waals surface area contributed by atoms with Crippen molar-refractivity contribution in [2.45, 2.75) is 32.2 Å². The fourth-order valence-corrected chi connectivity index (χ4v) is 2.69. The van der Waals surface area contributed by atoms with Gasteiger partial charge in [0.25, 0.3) is 0 Å². The number of hydrogen-bond acceptors (Lipinski definition) is 5. The van der Waals surface area contributed by atoms with Crippen molar-refractivity contribution in [1.82, 2.24) is 0 Å². The number of nitro groups is 1. The van der Waals surface area contributed by atoms with Crippen molar-refractivity contribution in [2.24, 2.45) is 0 Å². The summed E-state index contributed by atoms with van der Waals surface area (Å²) in [6.07, 6.45) is 2.52. The SMILES string of the molecule is CC(=O)C1CCCCN1c1cccc(C#N)c1[N+](=O)[O-]. The summed E-state index contributed by atoms with van der Waals surface area (Å²) >= 11 is 0. The Balaban J connectivity index is 2.53. The monoisotopic (exact) mass is 273 g/mol. The van der Waals surface area contributed by atoms with Crippen LogP contribution in [-0.4, -0.2) is 23.3 Å². The zero-order valence-electron chi connectivity index (χ0n) is 11.2. The maximum Gasteiger partial charge on any atom is 0.310 e. The molecule has 6 nitrogen and oxygen atoms in total. The maximum absolute atomic E-state index is 11.7. The molecule has 1 aromatic rings. The highest BCUT2D eigenvalue weighted by Crippen LogP contribution is 2.35. The third kappa shape index (κ3) is 2.48. The number of ketones is 1. The predicted molar refractivity (Wildman–Crippen MR) is 73.5 cm³/mol. The number of nitro benzene ring substituents is 1. The van der Waals surface area contributed by atoms with Crippen LogP contribution >= 0.6 is 0 Å². The molecule has 0 spiro atoms. The van der Waals surface area contributed by atoms with E-state index < -0.39 is 4.92 Å². The number of nitriles is 1. The first-order valence-corrected chi connectivity index (χ1v) is 6.51. The number of piperidine rings is 1. The number of hydrogen-bond donors (Lipinski definition) is 0. The molecule has 20 heavy (non-hydrogen) atoms. The second kappa shape index (κ2) is 5.70. The van der Waals surface area contributed by atoms with Crippen molar-refractivity contribution < 1.29 is 9.72 Å². The van der Waals surface area contributed by atoms with Gasteiger partial charge < -0.3 is 4.90 Å². The molecule has 0 radical (unpaired) electrons. The van der Waals surface area contributed by atoms with E-state index in [1.165, 1.54) is 13.0 Å². The highest BCUT2D eigenvalue weighted by Gasteiger charge is 2.32. The Morgan fingerprint density at radius 3 is 2.85 bits per heavy atom. The van der Waals surface area contributed by atoms with Crippen LogP contribution in [0.3, 0.4) is 0 Å². The third-order valence-corrected chi connectivity index (χ3v) is 3.60. The fraction of sp³-hybridized carbons (Fsp3) is 0.429. The first-order valence-electron chi connectivity index (χ1n) is 6.51. The summed E-state index contributed by atoms with van der Waals surface area (Å²) in [7, 11) is 0. The van der Waals surface area contributed by atoms with Crippen molar-refractivity contribution in [3.63, 3.8) is 0 Å². The summed E-state index contributed by atoms with van der Waals surface area (Å²) in [5.41, 5.74) is 0.192. The molecule has 0 aliphatic carbocycles. The molecule has 1 aromatic carbocycles. The zero-order valence-corrected chi connectivity index (χ0v) is 11.2. The molecule has 104 valence electrons. The normalized spacial score (nSPS) is 18.4. The minimum Gasteiger partial charge on any atom is -0.356 e. The second-order valence-corrected chi connectivity index (χ2v) is 4.86. The molecule has 1 fully saturated rings. The minimum absolute atomic E-state index is 0.00126. The Hall–Kier alpha value is -2.42. The number of anilines is 1. The van der Waals surface area contributed by atoms with E-state index in [1.807, 2.05) is 6.07 Å². The molecule has 1 unspecified atom stereocenters. The van der Waals surface area contributed by atoms with Crippen LogP contribution in [0.25, 0.3) is 0 Å². The van der Waals surface area contributed by atoms with Gasteiger partial charge in [0.15, 0.2) is 5.78 Å². The summed E-state index contributed by atoms with van der Waals surface area (Å²) in [4.78, 5) is 24.2. The average molecular weight is 273 g/mol. The largest absolute Gasteiger partial charge is 0.356 e. The number of carbonyl (C=O) groups is 1. The van der Waals surface area contributed by atoms with E-state index in [2.05, 4.69) is 0 Å². The van der Waals surface area contributed by atoms with Crippen LogP contribution in [0.5, 0.6) is 0 Å². The Labute approximate surface area is 116 Å². The van der Waals surface area contributed by atoms with E-state index in [1.54, 1.807) is 17.0 Å². The summed E-state index contributed by atoms with van der Waals surface area (Å²) in [5, 5.41) is 20.3. The van der Waals surface area contributed by atoms with Gasteiger partial charge in [-0.25, -0.2) is 0 Å². The fourth-order valence-electron chi connectivity index (χ4n) is 2.69. The molecule has 0 aromatic heterocycles. The van der Waals surface area contributed by atoms with Crippen molar-refractivity contribution in [3.8, 4) is 6.07 Å². The van der Waals surface area contributed by atoms with Gasteiger partial charge in [0.05, 0.1) is 11.0 Å². The number of benzene rings is 1. The van der Waals surface area contributed by atoms with E-state index in [9.17, 15) is 14.9 Å². The third-order valence-electron chi connectivity index (χ3n) is 3.60. The van der Waals surface area contributed by atoms with Gasteiger partial charge in [-0.05, 0) is 38.3 Å². The van der Waals surface area contributed by atoms with Crippen LogP contribution in [0, 0.1) is 21.4 Å². The quantitative estimate of drug-likeness (QED) is 0.623. The molecular formula is C14H15N3O3. The Morgan fingerprint density at radius 2 is 2.25 bits per heavy atom. The van der Waals surface area contributed by atoms with Crippen LogP contribution in [-0.2, 0) is 4.79 Å². The van der Waals surface area contributed by atoms with Gasteiger partial charge in [0.1, 0.15) is 17.3 Å². The molecule has 1 aliphatic heterocycles. The van der Waals surface area contributed by atoms with E-state index in [0.717, 1.165) is 12.8 Å². The highest BCUT2D eigenvalue weighted by atomic mass is 16.6. The molecule has 0 saturated carbocycles. The van der Waals surface area contributed by atoms with Gasteiger partial charge in [-0.15, -0.1) is 0 Å². The number of para-hydroxylation sites is 1. The van der Waals surface area contributed by atoms with E-state index >= 15 is 0 Å². The molecule has 0 amide bonds. The van der Waals surface area contributed by atoms with E-state index in [0.29, 0.717) is 18.7 Å². The lowest BCUT2D eigenvalue weighted by molar-refractivity contribution is -0.384. The van der Waals surface area contributed by atoms with Crippen LogP contribution in [0.2, 0.25) is 0 Å². The molecule has 2 rings (SSSR count). The molecule has 1 atom stereocenters. The molecule has 1 heterocycles. The van der Waals surface area contributed by atoms with Crippen molar-refractivity contribution in [2.75, 3.05) is 11.4 Å². The summed E-state index contributed by atoms with van der Waals surface area (Å²) < 4.78 is 0. The topological polar surface area (TPSA) is 87.2 Å². The van der Waals surface area contributed by atoms with Gasteiger partial charge in [-0.1, -0.05) is 6.07 Å². The summed E-state index contributed by atoms with van der Waals surface area (Å²) in [6.45, 7) is 2.10. The zero-order chi connectivity index (χ0) is 14.7. The summed E-state index contributed by atoms with van der Waals surface area (Å²) in [5.74, 6) is 0.00126. The number of nitrogens with zero attached hydrogens (tertiary/aromatic N) is 3. The van der Waals surface area contributed by atoms with Crippen LogP contribution in [0.1, 0.15) is 31.7 Å². The minimum atomic E-state index is -0.542. The van der Waals surface area contributed by atoms with E-state index in [4.69, 9.17) is 5.26 Å². The van der Waals surface area contributed by atoms with Crippen LogP contribution in [0.4, 0.5) is 11.4 Å². The number of rotatable bonds is 3. The molecule has 1 saturated heterocycles. The van der Waals surface area contributed by atoms with Gasteiger partial charge in [-0.2, -0.15) is 5.26 Å². The van der Waals surface area contributed by atoms with Crippen molar-refractivity contribution >= 4 is 17.2 Å². The smallest absolute Gasteiger partial charge is 0.310 e. The predicted octanol–water partition coefficient (Wildman–Crippen LogP) is 2.41. The molecular weight excluding hydrogens is 258 g/mol. The van der Waals surface area contributed by atoms with Gasteiger partial charge in [0.2, 0.25) is 0 Å². The van der Waals surface area contributed by atoms with Gasteiger partial charge in [0, 0.05) is 6.54 Å². The lowest BCUT2D eigenvalue weighted by Gasteiger charge is -2.35. The maximum atomic E-state index is 11.7. The molecule has 6 heteroatoms. The first kappa shape index (κ1) is 14.0. The van der Waals surface area contributed by atoms with Crippen LogP contribution in [0.15, 0.2) is 18.2 Å². The standard InChI is InChI=1S/C14H15N3O3/c1-10(18)12-6-2-3-8-16(12)13-7-4-5-11(9-15)14(13)17(19)20/h4-5,7,12H,2-3,6,8H2,1H3. The van der Waals surface area contributed by atoms with Crippen molar-refractivity contribution in [3.05, 3.63) is 33.9 Å². The van der Waals surface area contributed by atoms with Gasteiger partial charge in [-0.3, -0.25) is 14.9 Å². The molecule has 0 N–H and O–H groups in total. The van der Waals surface area contributed by atoms with Crippen LogP contribution < -0.4 is 4.90 Å². The number of carbonyl (C=O) groups excluding carboxylic acids is 1. The summed E-state index contributed by atoms with van der Waals surface area (Å²) in [6, 6.07) is 6.16. The number of Topliss-reactive ketones (excluding diaryl/α,β-unsaturated/α-hetero) is 1. The Bertz CT molecular complexity index is 592. The second-order valence-electron chi connectivity index (χ2n) is 4.86. The Kier molecular flexibility index (Phi) is 3.99. The molecule has 0 bridgehead atoms.